The highest BCUT2D eigenvalue weighted by Crippen LogP contribution is 2.47. The molecule has 0 radical (unpaired) electrons. The Hall–Kier alpha value is -2.91. The molecule has 2 N–H and O–H groups in total. The molecule has 188 valence electrons. The number of nitrogens with one attached hydrogen (secondary N) is 1. The first-order valence-electron chi connectivity index (χ1n) is 11.7. The minimum atomic E-state index is -0.704. The van der Waals surface area contributed by atoms with Crippen molar-refractivity contribution in [3.63, 3.8) is 0 Å². The number of unbranched alkanes of at least 4 members (excludes halogenated alkanes) is 1. The molecule has 2 heterocycles. The van der Waals surface area contributed by atoms with Crippen LogP contribution in [0.25, 0.3) is 0 Å². The molecule has 4 rings (SSSR count). The first kappa shape index (κ1) is 25.2. The summed E-state index contributed by atoms with van der Waals surface area (Å²) in [5.74, 6) is -1.79. The number of aliphatic hydroxyl groups is 1. The van der Waals surface area contributed by atoms with E-state index in [2.05, 4.69) is 5.32 Å². The van der Waals surface area contributed by atoms with Gasteiger partial charge in [0, 0.05) is 38.5 Å². The van der Waals surface area contributed by atoms with Gasteiger partial charge in [0.15, 0.2) is 11.4 Å². The normalized spacial score (nSPS) is 21.0. The average molecular weight is 506 g/mol. The Labute approximate surface area is 207 Å². The van der Waals surface area contributed by atoms with Crippen LogP contribution < -0.4 is 15.5 Å². The number of carbonyl (C=O) groups excluding carboxylic acids is 2. The van der Waals surface area contributed by atoms with Crippen molar-refractivity contribution in [3.8, 4) is 5.75 Å². The van der Waals surface area contributed by atoms with Crippen molar-refractivity contribution in [3.05, 3.63) is 62.3 Å². The molecule has 0 atom stereocenters. The largest absolute Gasteiger partial charge is 0.487 e. The number of amides is 2. The second-order valence-corrected chi connectivity index (χ2v) is 9.77. The van der Waals surface area contributed by atoms with Crippen LogP contribution >= 0.6 is 11.6 Å². The van der Waals surface area contributed by atoms with Crippen LogP contribution in [0.5, 0.6) is 5.75 Å². The van der Waals surface area contributed by atoms with Crippen molar-refractivity contribution in [1.29, 1.82) is 0 Å². The highest BCUT2D eigenvalue weighted by atomic mass is 35.5. The summed E-state index contributed by atoms with van der Waals surface area (Å²) in [5.41, 5.74) is -1.12. The third kappa shape index (κ3) is 4.54. The first-order chi connectivity index (χ1) is 16.7. The van der Waals surface area contributed by atoms with E-state index < -0.39 is 22.7 Å². The predicted octanol–water partition coefficient (Wildman–Crippen LogP) is 2.93. The maximum absolute atomic E-state index is 14.3. The lowest BCUT2D eigenvalue weighted by Gasteiger charge is -2.53. The van der Waals surface area contributed by atoms with Crippen molar-refractivity contribution in [2.24, 2.45) is 5.92 Å². The van der Waals surface area contributed by atoms with E-state index in [0.717, 1.165) is 6.42 Å². The lowest BCUT2D eigenvalue weighted by Crippen LogP contribution is -2.60. The van der Waals surface area contributed by atoms with Crippen molar-refractivity contribution in [2.45, 2.75) is 44.7 Å². The number of halogens is 2. The Morgan fingerprint density at radius 2 is 2.09 bits per heavy atom. The van der Waals surface area contributed by atoms with Gasteiger partial charge in [-0.3, -0.25) is 14.4 Å². The van der Waals surface area contributed by atoms with Gasteiger partial charge in [-0.25, -0.2) is 4.39 Å². The van der Waals surface area contributed by atoms with Gasteiger partial charge in [-0.1, -0.05) is 37.1 Å². The van der Waals surface area contributed by atoms with E-state index >= 15 is 0 Å². The number of hydrogen-bond acceptors (Lipinski definition) is 5. The number of fused-ring (bicyclic) bond motifs is 2. The standard InChI is InChI=1S/C25H29ClFN3O5/c1-3-4-8-35-22-20-24(34)29(2)14-25(9-15(10-25)13-31)30(20)12-17(21(22)32)23(33)28-11-16-6-5-7-18(26)19(16)27/h5-7,12,15,31H,3-4,8-11,13-14H2,1-2H3,(H,28,33). The van der Waals surface area contributed by atoms with E-state index in [-0.39, 0.29) is 59.2 Å². The molecule has 2 aromatic rings. The summed E-state index contributed by atoms with van der Waals surface area (Å²) < 4.78 is 21.8. The predicted molar refractivity (Wildman–Crippen MR) is 128 cm³/mol. The van der Waals surface area contributed by atoms with E-state index in [1.54, 1.807) is 22.6 Å². The van der Waals surface area contributed by atoms with Crippen molar-refractivity contribution in [2.75, 3.05) is 26.8 Å². The zero-order valence-corrected chi connectivity index (χ0v) is 20.5. The minimum absolute atomic E-state index is 0.0212. The summed E-state index contributed by atoms with van der Waals surface area (Å²) in [6, 6.07) is 4.47. The van der Waals surface area contributed by atoms with Gasteiger partial charge in [-0.05, 0) is 31.2 Å². The molecule has 10 heteroatoms. The Bertz CT molecular complexity index is 1210. The molecule has 8 nitrogen and oxygen atoms in total. The number of rotatable bonds is 8. The number of nitrogens with zero attached hydrogens (tertiary/aromatic N) is 2. The highest BCUT2D eigenvalue weighted by Gasteiger charge is 2.51. The van der Waals surface area contributed by atoms with Gasteiger partial charge < -0.3 is 24.6 Å². The number of carbonyl (C=O) groups is 2. The average Bonchev–Trinajstić information content (AvgIpc) is 2.81. The molecule has 1 aromatic carbocycles. The number of hydrogen-bond donors (Lipinski definition) is 2. The van der Waals surface area contributed by atoms with Gasteiger partial charge in [0.1, 0.15) is 11.4 Å². The smallest absolute Gasteiger partial charge is 0.274 e. The van der Waals surface area contributed by atoms with Gasteiger partial charge in [0.2, 0.25) is 5.43 Å². The van der Waals surface area contributed by atoms with Crippen LogP contribution in [0.2, 0.25) is 5.02 Å². The summed E-state index contributed by atoms with van der Waals surface area (Å²) in [6.07, 6.45) is 4.10. The monoisotopic (exact) mass is 505 g/mol. The maximum Gasteiger partial charge on any atom is 0.274 e. The van der Waals surface area contributed by atoms with Crippen molar-refractivity contribution >= 4 is 23.4 Å². The molecule has 0 saturated heterocycles. The Morgan fingerprint density at radius 1 is 1.34 bits per heavy atom. The van der Waals surface area contributed by atoms with Crippen LogP contribution in [0.4, 0.5) is 4.39 Å². The summed E-state index contributed by atoms with van der Waals surface area (Å²) in [4.78, 5) is 41.2. The highest BCUT2D eigenvalue weighted by molar-refractivity contribution is 6.30. The van der Waals surface area contributed by atoms with Gasteiger partial charge in [0.25, 0.3) is 11.8 Å². The van der Waals surface area contributed by atoms with Gasteiger partial charge in [-0.15, -0.1) is 0 Å². The summed E-state index contributed by atoms with van der Waals surface area (Å²) in [7, 11) is 1.67. The number of benzene rings is 1. The lowest BCUT2D eigenvalue weighted by atomic mass is 9.67. The molecular weight excluding hydrogens is 477 g/mol. The number of aliphatic hydroxyl groups excluding tert-OH is 1. The van der Waals surface area contributed by atoms with Crippen LogP contribution in [0.1, 0.15) is 59.0 Å². The number of aromatic nitrogens is 1. The van der Waals surface area contributed by atoms with Crippen molar-refractivity contribution < 1.29 is 23.8 Å². The van der Waals surface area contributed by atoms with Crippen LogP contribution in [-0.4, -0.2) is 53.2 Å². The molecule has 1 aromatic heterocycles. The van der Waals surface area contributed by atoms with Gasteiger partial charge in [0.05, 0.1) is 17.2 Å². The third-order valence-corrected chi connectivity index (χ3v) is 7.10. The molecule has 35 heavy (non-hydrogen) atoms. The molecule has 0 unspecified atom stereocenters. The van der Waals surface area contributed by atoms with E-state index in [1.807, 2.05) is 6.92 Å². The van der Waals surface area contributed by atoms with E-state index in [9.17, 15) is 23.9 Å². The molecule has 1 fully saturated rings. The molecule has 1 saturated carbocycles. The van der Waals surface area contributed by atoms with E-state index in [1.165, 1.54) is 18.3 Å². The molecule has 1 aliphatic carbocycles. The fourth-order valence-electron chi connectivity index (χ4n) is 4.98. The summed E-state index contributed by atoms with van der Waals surface area (Å²) in [5, 5.41) is 12.1. The van der Waals surface area contributed by atoms with Crippen LogP contribution in [-0.2, 0) is 12.1 Å². The second kappa shape index (κ2) is 9.99. The topological polar surface area (TPSA) is 101 Å². The molecule has 0 bridgehead atoms. The summed E-state index contributed by atoms with van der Waals surface area (Å²) >= 11 is 5.82. The van der Waals surface area contributed by atoms with E-state index in [0.29, 0.717) is 25.8 Å². The molecule has 1 spiro atoms. The van der Waals surface area contributed by atoms with E-state index in [4.69, 9.17) is 16.3 Å². The Kier molecular flexibility index (Phi) is 7.19. The first-order valence-corrected chi connectivity index (χ1v) is 12.1. The summed E-state index contributed by atoms with van der Waals surface area (Å²) in [6.45, 7) is 2.44. The maximum atomic E-state index is 14.3. The number of likely N-dealkylation sites (N-methyl/N-ethyl adjacent to an activating group) is 1. The van der Waals surface area contributed by atoms with Crippen LogP contribution in [0.3, 0.4) is 0 Å². The Morgan fingerprint density at radius 3 is 2.77 bits per heavy atom. The van der Waals surface area contributed by atoms with Crippen molar-refractivity contribution in [1.82, 2.24) is 14.8 Å². The minimum Gasteiger partial charge on any atom is -0.487 e. The molecule has 2 amide bonds. The Balaban J connectivity index is 1.75. The van der Waals surface area contributed by atoms with Crippen LogP contribution in [0.15, 0.2) is 29.2 Å². The molecule has 1 aliphatic heterocycles. The number of pyridine rings is 1. The molecule has 2 aliphatic rings. The van der Waals surface area contributed by atoms with Crippen LogP contribution in [0, 0.1) is 11.7 Å². The lowest BCUT2D eigenvalue weighted by molar-refractivity contribution is -0.0104. The fourth-order valence-corrected chi connectivity index (χ4v) is 5.17. The second-order valence-electron chi connectivity index (χ2n) is 9.36. The third-order valence-electron chi connectivity index (χ3n) is 6.81. The SMILES string of the molecule is CCCCOc1c2n(cc(C(=O)NCc3cccc(Cl)c3F)c1=O)C1(CC(CO)C1)CN(C)C2=O. The molecular formula is C25H29ClFN3O5. The quantitative estimate of drug-likeness (QED) is 0.537. The zero-order chi connectivity index (χ0) is 25.3. The zero-order valence-electron chi connectivity index (χ0n) is 19.8. The van der Waals surface area contributed by atoms with Gasteiger partial charge in [-0.2, -0.15) is 0 Å². The van der Waals surface area contributed by atoms with Gasteiger partial charge >= 0.3 is 0 Å². The number of ether oxygens (including phenoxy) is 1. The fraction of sp³-hybridized carbons (Fsp3) is 0.480.